The van der Waals surface area contributed by atoms with Crippen LogP contribution in [-0.2, 0) is 19.2 Å². The maximum Gasteiger partial charge on any atom is 0.326 e. The highest BCUT2D eigenvalue weighted by molar-refractivity contribution is 5.90. The van der Waals surface area contributed by atoms with E-state index in [-0.39, 0.29) is 24.0 Å². The van der Waals surface area contributed by atoms with Gasteiger partial charge in [-0.3, -0.25) is 14.4 Å². The van der Waals surface area contributed by atoms with E-state index in [1.54, 1.807) is 13.8 Å². The summed E-state index contributed by atoms with van der Waals surface area (Å²) < 4.78 is 0. The fourth-order valence-corrected chi connectivity index (χ4v) is 2.72. The summed E-state index contributed by atoms with van der Waals surface area (Å²) in [6.07, 6.45) is 1.87. The molecule has 0 heterocycles. The van der Waals surface area contributed by atoms with Crippen molar-refractivity contribution < 1.29 is 24.3 Å². The third-order valence-corrected chi connectivity index (χ3v) is 3.86. The van der Waals surface area contributed by atoms with Gasteiger partial charge in [0.15, 0.2) is 0 Å². The minimum Gasteiger partial charge on any atom is -0.480 e. The molecule has 7 heteroatoms. The van der Waals surface area contributed by atoms with E-state index in [1.807, 2.05) is 0 Å². The predicted octanol–water partition coefficient (Wildman–Crippen LogP) is 0.476. The highest BCUT2D eigenvalue weighted by atomic mass is 16.4. The van der Waals surface area contributed by atoms with Gasteiger partial charge in [0, 0.05) is 19.8 Å². The molecule has 3 atom stereocenters. The fraction of sp³-hybridized carbons (Fsp3) is 0.733. The van der Waals surface area contributed by atoms with Gasteiger partial charge >= 0.3 is 5.97 Å². The van der Waals surface area contributed by atoms with Gasteiger partial charge in [-0.05, 0) is 24.7 Å². The molecule has 0 aliphatic heterocycles. The summed E-state index contributed by atoms with van der Waals surface area (Å²) in [5.74, 6) is -2.58. The highest BCUT2D eigenvalue weighted by Gasteiger charge is 2.35. The standard InChI is InChI=1S/C15H24N2O5/c1-8(2)12(16-9(3)18)14(20)17-13(15(21)22)10-5-4-6-11(19)7-10/h8,10,12-13H,4-7H2,1-3H3,(H,16,18)(H,17,20)(H,21,22)/t10-,12+,13-/m0/s1. The zero-order valence-electron chi connectivity index (χ0n) is 13.2. The summed E-state index contributed by atoms with van der Waals surface area (Å²) >= 11 is 0. The van der Waals surface area contributed by atoms with Crippen LogP contribution in [-0.4, -0.2) is 40.8 Å². The fourth-order valence-electron chi connectivity index (χ4n) is 2.72. The molecule has 0 unspecified atom stereocenters. The molecule has 0 aromatic rings. The Morgan fingerprint density at radius 1 is 1.23 bits per heavy atom. The average Bonchev–Trinajstić information content (AvgIpc) is 2.41. The molecule has 1 aliphatic rings. The number of carbonyl (C=O) groups excluding carboxylic acids is 3. The SMILES string of the molecule is CC(=O)N[C@@H](C(=O)N[C@H](C(=O)O)[C@H]1CCCC(=O)C1)C(C)C. The molecule has 1 saturated carbocycles. The number of rotatable bonds is 6. The maximum absolute atomic E-state index is 12.3. The number of hydrogen-bond donors (Lipinski definition) is 3. The normalized spacial score (nSPS) is 21.1. The Kier molecular flexibility index (Phi) is 6.52. The van der Waals surface area contributed by atoms with E-state index in [2.05, 4.69) is 10.6 Å². The Labute approximate surface area is 129 Å². The molecule has 3 N–H and O–H groups in total. The first-order valence-corrected chi connectivity index (χ1v) is 7.54. The molecule has 1 rings (SSSR count). The van der Waals surface area contributed by atoms with Crippen LogP contribution in [0.25, 0.3) is 0 Å². The quantitative estimate of drug-likeness (QED) is 0.660. The van der Waals surface area contributed by atoms with Crippen LogP contribution >= 0.6 is 0 Å². The lowest BCUT2D eigenvalue weighted by molar-refractivity contribution is -0.145. The summed E-state index contributed by atoms with van der Waals surface area (Å²) in [4.78, 5) is 46.4. The van der Waals surface area contributed by atoms with Crippen LogP contribution in [0.2, 0.25) is 0 Å². The van der Waals surface area contributed by atoms with Gasteiger partial charge in [0.2, 0.25) is 11.8 Å². The molecule has 0 bridgehead atoms. The van der Waals surface area contributed by atoms with E-state index in [9.17, 15) is 24.3 Å². The summed E-state index contributed by atoms with van der Waals surface area (Å²) in [5, 5.41) is 14.4. The van der Waals surface area contributed by atoms with Crippen molar-refractivity contribution in [1.82, 2.24) is 10.6 Å². The number of hydrogen-bond acceptors (Lipinski definition) is 4. The highest BCUT2D eigenvalue weighted by Crippen LogP contribution is 2.24. The van der Waals surface area contributed by atoms with Gasteiger partial charge in [-0.15, -0.1) is 0 Å². The van der Waals surface area contributed by atoms with Gasteiger partial charge in [0.05, 0.1) is 0 Å². The second-order valence-electron chi connectivity index (χ2n) is 6.14. The molecule has 0 aromatic heterocycles. The van der Waals surface area contributed by atoms with Crippen LogP contribution in [0.3, 0.4) is 0 Å². The van der Waals surface area contributed by atoms with E-state index in [0.717, 1.165) is 0 Å². The summed E-state index contributed by atoms with van der Waals surface area (Å²) in [6, 6.07) is -1.90. The zero-order valence-corrected chi connectivity index (χ0v) is 13.2. The van der Waals surface area contributed by atoms with Crippen LogP contribution < -0.4 is 10.6 Å². The maximum atomic E-state index is 12.3. The van der Waals surface area contributed by atoms with Crippen molar-refractivity contribution in [3.63, 3.8) is 0 Å². The Bertz CT molecular complexity index is 461. The molecule has 0 saturated heterocycles. The molecule has 0 aromatic carbocycles. The topological polar surface area (TPSA) is 113 Å². The van der Waals surface area contributed by atoms with E-state index in [4.69, 9.17) is 0 Å². The lowest BCUT2D eigenvalue weighted by Gasteiger charge is -2.29. The molecule has 0 spiro atoms. The summed E-state index contributed by atoms with van der Waals surface area (Å²) in [5.41, 5.74) is 0. The van der Waals surface area contributed by atoms with Crippen molar-refractivity contribution in [1.29, 1.82) is 0 Å². The number of carboxylic acids is 1. The van der Waals surface area contributed by atoms with Crippen molar-refractivity contribution in [2.24, 2.45) is 11.8 Å². The number of Topliss-reactive ketones (excluding diaryl/α,β-unsaturated/α-hetero) is 1. The lowest BCUT2D eigenvalue weighted by Crippen LogP contribution is -2.55. The van der Waals surface area contributed by atoms with E-state index < -0.39 is 29.9 Å². The van der Waals surface area contributed by atoms with Crippen LogP contribution in [0.15, 0.2) is 0 Å². The second-order valence-corrected chi connectivity index (χ2v) is 6.14. The Morgan fingerprint density at radius 3 is 2.32 bits per heavy atom. The van der Waals surface area contributed by atoms with E-state index >= 15 is 0 Å². The first-order chi connectivity index (χ1) is 10.2. The molecule has 7 nitrogen and oxygen atoms in total. The summed E-state index contributed by atoms with van der Waals surface area (Å²) in [6.45, 7) is 4.83. The molecular weight excluding hydrogens is 288 g/mol. The minimum absolute atomic E-state index is 0.0269. The van der Waals surface area contributed by atoms with Crippen molar-refractivity contribution in [3.8, 4) is 0 Å². The second kappa shape index (κ2) is 7.91. The number of amides is 2. The first kappa shape index (κ1) is 18.1. The number of aliphatic carboxylic acids is 1. The van der Waals surface area contributed by atoms with E-state index in [1.165, 1.54) is 6.92 Å². The third kappa shape index (κ3) is 5.13. The Balaban J connectivity index is 2.80. The van der Waals surface area contributed by atoms with Crippen LogP contribution in [0.5, 0.6) is 0 Å². The molecule has 124 valence electrons. The van der Waals surface area contributed by atoms with Crippen molar-refractivity contribution >= 4 is 23.6 Å². The predicted molar refractivity (Wildman–Crippen MR) is 79.0 cm³/mol. The molecule has 22 heavy (non-hydrogen) atoms. The first-order valence-electron chi connectivity index (χ1n) is 7.54. The number of nitrogens with one attached hydrogen (secondary N) is 2. The van der Waals surface area contributed by atoms with Crippen molar-refractivity contribution in [2.75, 3.05) is 0 Å². The minimum atomic E-state index is -1.15. The number of carboxylic acid groups (broad SMARTS) is 1. The molecule has 1 aliphatic carbocycles. The van der Waals surface area contributed by atoms with Crippen molar-refractivity contribution in [2.45, 2.75) is 58.5 Å². The Hall–Kier alpha value is -1.92. The van der Waals surface area contributed by atoms with Crippen LogP contribution in [0.4, 0.5) is 0 Å². The van der Waals surface area contributed by atoms with Gasteiger partial charge in [-0.25, -0.2) is 4.79 Å². The number of ketones is 1. The molecule has 1 fully saturated rings. The van der Waals surface area contributed by atoms with Gasteiger partial charge in [0.1, 0.15) is 17.9 Å². The zero-order chi connectivity index (χ0) is 16.9. The Morgan fingerprint density at radius 2 is 1.86 bits per heavy atom. The van der Waals surface area contributed by atoms with Gasteiger partial charge < -0.3 is 15.7 Å². The van der Waals surface area contributed by atoms with Gasteiger partial charge in [-0.1, -0.05) is 13.8 Å². The lowest BCUT2D eigenvalue weighted by atomic mass is 9.83. The number of carbonyl (C=O) groups is 4. The molecule has 2 amide bonds. The van der Waals surface area contributed by atoms with E-state index in [0.29, 0.717) is 19.3 Å². The molecular formula is C15H24N2O5. The van der Waals surface area contributed by atoms with Crippen LogP contribution in [0, 0.1) is 11.8 Å². The van der Waals surface area contributed by atoms with Gasteiger partial charge in [0.25, 0.3) is 0 Å². The van der Waals surface area contributed by atoms with Crippen LogP contribution in [0.1, 0.15) is 46.5 Å². The average molecular weight is 312 g/mol. The molecule has 0 radical (unpaired) electrons. The largest absolute Gasteiger partial charge is 0.480 e. The third-order valence-electron chi connectivity index (χ3n) is 3.86. The smallest absolute Gasteiger partial charge is 0.326 e. The van der Waals surface area contributed by atoms with Crippen molar-refractivity contribution in [3.05, 3.63) is 0 Å². The monoisotopic (exact) mass is 312 g/mol. The van der Waals surface area contributed by atoms with Gasteiger partial charge in [-0.2, -0.15) is 0 Å². The summed E-state index contributed by atoms with van der Waals surface area (Å²) in [7, 11) is 0.